The van der Waals surface area contributed by atoms with Crippen molar-refractivity contribution in [1.29, 1.82) is 0 Å². The summed E-state index contributed by atoms with van der Waals surface area (Å²) in [7, 11) is 0. The lowest BCUT2D eigenvalue weighted by atomic mass is 10.3. The van der Waals surface area contributed by atoms with E-state index in [0.717, 1.165) is 11.0 Å². The van der Waals surface area contributed by atoms with Gasteiger partial charge in [0.1, 0.15) is 0 Å². The van der Waals surface area contributed by atoms with E-state index in [4.69, 9.17) is 11.6 Å². The SMILES string of the molecule is C.Clc1nc2ccccc2[nH]1. The van der Waals surface area contributed by atoms with Gasteiger partial charge in [-0.2, -0.15) is 0 Å². The molecule has 2 rings (SSSR count). The molecule has 0 unspecified atom stereocenters. The van der Waals surface area contributed by atoms with Crippen LogP contribution < -0.4 is 0 Å². The molecule has 2 nitrogen and oxygen atoms in total. The van der Waals surface area contributed by atoms with Gasteiger partial charge < -0.3 is 4.98 Å². The fraction of sp³-hybridized carbons (Fsp3) is 0.125. The highest BCUT2D eigenvalue weighted by Gasteiger charge is 1.95. The fourth-order valence-corrected chi connectivity index (χ4v) is 1.11. The molecule has 3 heteroatoms. The molecule has 2 aromatic rings. The zero-order chi connectivity index (χ0) is 6.97. The van der Waals surface area contributed by atoms with Gasteiger partial charge in [0.2, 0.25) is 5.28 Å². The van der Waals surface area contributed by atoms with Crippen molar-refractivity contribution in [2.75, 3.05) is 0 Å². The van der Waals surface area contributed by atoms with Gasteiger partial charge in [-0.05, 0) is 23.7 Å². The number of halogens is 1. The Morgan fingerprint density at radius 1 is 1.27 bits per heavy atom. The van der Waals surface area contributed by atoms with E-state index >= 15 is 0 Å². The summed E-state index contributed by atoms with van der Waals surface area (Å²) in [6, 6.07) is 7.72. The van der Waals surface area contributed by atoms with Crippen LogP contribution in [0.3, 0.4) is 0 Å². The fourth-order valence-electron chi connectivity index (χ4n) is 0.922. The van der Waals surface area contributed by atoms with E-state index in [1.807, 2.05) is 24.3 Å². The maximum atomic E-state index is 5.62. The Morgan fingerprint density at radius 2 is 2.00 bits per heavy atom. The second-order valence-corrected chi connectivity index (χ2v) is 2.40. The molecule has 0 saturated carbocycles. The number of benzene rings is 1. The number of nitrogens with one attached hydrogen (secondary N) is 1. The van der Waals surface area contributed by atoms with Crippen LogP contribution in [0.5, 0.6) is 0 Å². The number of nitrogens with zero attached hydrogens (tertiary/aromatic N) is 1. The Morgan fingerprint density at radius 3 is 2.73 bits per heavy atom. The minimum atomic E-state index is 0. The van der Waals surface area contributed by atoms with E-state index in [-0.39, 0.29) is 7.43 Å². The van der Waals surface area contributed by atoms with Crippen LogP contribution >= 0.6 is 11.6 Å². The second-order valence-electron chi connectivity index (χ2n) is 2.04. The van der Waals surface area contributed by atoms with Gasteiger partial charge in [0.15, 0.2) is 0 Å². The third kappa shape index (κ3) is 1.35. The molecule has 1 aromatic carbocycles. The molecule has 1 heterocycles. The number of imidazole rings is 1. The average Bonchev–Trinajstić information content (AvgIpc) is 2.27. The van der Waals surface area contributed by atoms with E-state index in [1.165, 1.54) is 0 Å². The van der Waals surface area contributed by atoms with Crippen LogP contribution in [0, 0.1) is 0 Å². The van der Waals surface area contributed by atoms with E-state index < -0.39 is 0 Å². The van der Waals surface area contributed by atoms with Crippen molar-refractivity contribution < 1.29 is 0 Å². The Labute approximate surface area is 70.2 Å². The van der Waals surface area contributed by atoms with Crippen molar-refractivity contribution in [1.82, 2.24) is 9.97 Å². The topological polar surface area (TPSA) is 28.7 Å². The van der Waals surface area contributed by atoms with E-state index in [2.05, 4.69) is 9.97 Å². The summed E-state index contributed by atoms with van der Waals surface area (Å²) >= 11 is 5.62. The number of fused-ring (bicyclic) bond motifs is 1. The molecule has 0 aliphatic rings. The number of H-pyrrole nitrogens is 1. The Hall–Kier alpha value is -1.02. The summed E-state index contributed by atoms with van der Waals surface area (Å²) < 4.78 is 0. The molecule has 0 aliphatic carbocycles. The highest BCUT2D eigenvalue weighted by molar-refractivity contribution is 6.29. The number of aromatic nitrogens is 2. The maximum Gasteiger partial charge on any atom is 0.201 e. The van der Waals surface area contributed by atoms with Crippen molar-refractivity contribution in [3.63, 3.8) is 0 Å². The molecular weight excluding hydrogens is 160 g/mol. The van der Waals surface area contributed by atoms with E-state index in [1.54, 1.807) is 0 Å². The molecule has 0 bridgehead atoms. The van der Waals surface area contributed by atoms with Crippen LogP contribution in [0.25, 0.3) is 11.0 Å². The minimum Gasteiger partial charge on any atom is -0.329 e. The predicted octanol–water partition coefficient (Wildman–Crippen LogP) is 2.85. The highest BCUT2D eigenvalue weighted by Crippen LogP contribution is 2.12. The molecule has 1 N–H and O–H groups in total. The molecule has 0 radical (unpaired) electrons. The van der Waals surface area contributed by atoms with Gasteiger partial charge in [0.25, 0.3) is 0 Å². The predicted molar refractivity (Wildman–Crippen MR) is 47.8 cm³/mol. The van der Waals surface area contributed by atoms with Crippen LogP contribution in [-0.4, -0.2) is 9.97 Å². The number of hydrogen-bond donors (Lipinski definition) is 1. The average molecular weight is 169 g/mol. The van der Waals surface area contributed by atoms with Crippen molar-refractivity contribution in [2.45, 2.75) is 7.43 Å². The third-order valence-corrected chi connectivity index (χ3v) is 1.54. The molecule has 58 valence electrons. The van der Waals surface area contributed by atoms with Crippen molar-refractivity contribution in [3.8, 4) is 0 Å². The molecule has 0 fully saturated rings. The van der Waals surface area contributed by atoms with Gasteiger partial charge in [0.05, 0.1) is 11.0 Å². The molecular formula is C8H9ClN2. The van der Waals surface area contributed by atoms with Crippen LogP contribution in [-0.2, 0) is 0 Å². The number of para-hydroxylation sites is 2. The zero-order valence-electron chi connectivity index (χ0n) is 5.13. The quantitative estimate of drug-likeness (QED) is 0.644. The molecule has 0 aliphatic heterocycles. The lowest BCUT2D eigenvalue weighted by Gasteiger charge is -1.81. The van der Waals surface area contributed by atoms with Gasteiger partial charge in [-0.25, -0.2) is 4.98 Å². The van der Waals surface area contributed by atoms with Crippen LogP contribution in [0.2, 0.25) is 5.28 Å². The number of aromatic amines is 1. The Bertz CT molecular complexity index is 321. The summed E-state index contributed by atoms with van der Waals surface area (Å²) in [4.78, 5) is 6.94. The standard InChI is InChI=1S/C7H5ClN2.CH4/c8-7-9-5-3-1-2-4-6(5)10-7;/h1-4H,(H,9,10);1H4. The van der Waals surface area contributed by atoms with Crippen LogP contribution in [0.4, 0.5) is 0 Å². The first kappa shape index (κ1) is 8.08. The first-order valence-electron chi connectivity index (χ1n) is 2.96. The number of hydrogen-bond acceptors (Lipinski definition) is 1. The Balaban J connectivity index is 0.000000605. The van der Waals surface area contributed by atoms with Gasteiger partial charge in [-0.1, -0.05) is 19.6 Å². The number of rotatable bonds is 0. The lowest BCUT2D eigenvalue weighted by Crippen LogP contribution is -1.63. The van der Waals surface area contributed by atoms with Gasteiger partial charge in [-0.3, -0.25) is 0 Å². The largest absolute Gasteiger partial charge is 0.329 e. The summed E-state index contributed by atoms with van der Waals surface area (Å²) in [5, 5.41) is 0.446. The van der Waals surface area contributed by atoms with Crippen molar-refractivity contribution in [2.24, 2.45) is 0 Å². The van der Waals surface area contributed by atoms with Gasteiger partial charge >= 0.3 is 0 Å². The first-order chi connectivity index (χ1) is 4.86. The van der Waals surface area contributed by atoms with Crippen LogP contribution in [0.1, 0.15) is 7.43 Å². The second kappa shape index (κ2) is 2.93. The molecule has 11 heavy (non-hydrogen) atoms. The van der Waals surface area contributed by atoms with Crippen LogP contribution in [0.15, 0.2) is 24.3 Å². The highest BCUT2D eigenvalue weighted by atomic mass is 35.5. The van der Waals surface area contributed by atoms with Gasteiger partial charge in [0, 0.05) is 0 Å². The van der Waals surface area contributed by atoms with Crippen molar-refractivity contribution >= 4 is 22.6 Å². The molecule has 0 atom stereocenters. The monoisotopic (exact) mass is 168 g/mol. The summed E-state index contributed by atoms with van der Waals surface area (Å²) in [5.41, 5.74) is 1.89. The molecule has 0 saturated heterocycles. The van der Waals surface area contributed by atoms with Crippen molar-refractivity contribution in [3.05, 3.63) is 29.5 Å². The Kier molecular flexibility index (Phi) is 2.15. The third-order valence-electron chi connectivity index (χ3n) is 1.36. The summed E-state index contributed by atoms with van der Waals surface area (Å²) in [6.07, 6.45) is 0. The molecule has 0 spiro atoms. The minimum absolute atomic E-state index is 0. The van der Waals surface area contributed by atoms with Gasteiger partial charge in [-0.15, -0.1) is 0 Å². The lowest BCUT2D eigenvalue weighted by molar-refractivity contribution is 1.34. The maximum absolute atomic E-state index is 5.62. The summed E-state index contributed by atoms with van der Waals surface area (Å²) in [5.74, 6) is 0. The summed E-state index contributed by atoms with van der Waals surface area (Å²) in [6.45, 7) is 0. The van der Waals surface area contributed by atoms with E-state index in [0.29, 0.717) is 5.28 Å². The first-order valence-corrected chi connectivity index (χ1v) is 3.34. The molecule has 0 amide bonds. The van der Waals surface area contributed by atoms with E-state index in [9.17, 15) is 0 Å². The normalized spacial score (nSPS) is 9.55. The zero-order valence-corrected chi connectivity index (χ0v) is 5.89. The smallest absolute Gasteiger partial charge is 0.201 e. The molecule has 1 aromatic heterocycles.